The fourth-order valence-corrected chi connectivity index (χ4v) is 3.08. The molecule has 0 atom stereocenters. The number of benzene rings is 2. The van der Waals surface area contributed by atoms with Crippen LogP contribution in [0.1, 0.15) is 37.5 Å². The molecule has 3 aromatic rings. The van der Waals surface area contributed by atoms with Gasteiger partial charge in [-0.25, -0.2) is 14.8 Å². The summed E-state index contributed by atoms with van der Waals surface area (Å²) in [5.41, 5.74) is 5.00. The summed E-state index contributed by atoms with van der Waals surface area (Å²) >= 11 is 0. The molecule has 0 spiro atoms. The van der Waals surface area contributed by atoms with Gasteiger partial charge in [-0.2, -0.15) is 0 Å². The quantitative estimate of drug-likeness (QED) is 0.635. The Hall–Kier alpha value is -3.74. The summed E-state index contributed by atoms with van der Waals surface area (Å²) < 4.78 is 4.78. The average molecular weight is 390 g/mol. The molecule has 0 aliphatic heterocycles. The van der Waals surface area contributed by atoms with Crippen molar-refractivity contribution in [2.45, 2.75) is 20.8 Å². The summed E-state index contributed by atoms with van der Waals surface area (Å²) in [5, 5.41) is 5.92. The molecule has 1 heterocycles. The Morgan fingerprint density at radius 1 is 0.966 bits per heavy atom. The lowest BCUT2D eigenvalue weighted by Crippen LogP contribution is -2.16. The summed E-state index contributed by atoms with van der Waals surface area (Å²) in [6, 6.07) is 10.9. The van der Waals surface area contributed by atoms with Crippen molar-refractivity contribution in [2.24, 2.45) is 0 Å². The summed E-state index contributed by atoms with van der Waals surface area (Å²) in [5.74, 6) is -0.393. The first-order valence-corrected chi connectivity index (χ1v) is 9.04. The third-order valence-electron chi connectivity index (χ3n) is 4.40. The summed E-state index contributed by atoms with van der Waals surface area (Å²) in [6.07, 6.45) is 2.83. The van der Waals surface area contributed by atoms with Crippen LogP contribution in [0.25, 0.3) is 0 Å². The predicted molar refractivity (Wildman–Crippen MR) is 112 cm³/mol. The van der Waals surface area contributed by atoms with Crippen molar-refractivity contribution in [3.05, 3.63) is 76.7 Å². The van der Waals surface area contributed by atoms with Crippen LogP contribution in [0.15, 0.2) is 48.8 Å². The second kappa shape index (κ2) is 8.52. The van der Waals surface area contributed by atoms with Crippen molar-refractivity contribution in [2.75, 3.05) is 17.7 Å². The summed E-state index contributed by atoms with van der Waals surface area (Å²) in [7, 11) is 1.32. The van der Waals surface area contributed by atoms with E-state index in [1.54, 1.807) is 24.3 Å². The average Bonchev–Trinajstić information content (AvgIpc) is 2.71. The Balaban J connectivity index is 1.76. The van der Waals surface area contributed by atoms with E-state index < -0.39 is 5.97 Å². The normalized spacial score (nSPS) is 10.3. The van der Waals surface area contributed by atoms with Crippen LogP contribution < -0.4 is 10.6 Å². The van der Waals surface area contributed by atoms with Crippen LogP contribution in [0.2, 0.25) is 0 Å². The van der Waals surface area contributed by atoms with Gasteiger partial charge >= 0.3 is 5.97 Å². The molecule has 29 heavy (non-hydrogen) atoms. The molecule has 2 N–H and O–H groups in total. The number of nitrogens with one attached hydrogen (secondary N) is 2. The highest BCUT2D eigenvalue weighted by Gasteiger charge is 2.14. The molecule has 0 aliphatic rings. The van der Waals surface area contributed by atoms with E-state index in [-0.39, 0.29) is 11.6 Å². The number of amides is 1. The Kier molecular flexibility index (Phi) is 5.87. The molecular weight excluding hydrogens is 368 g/mol. The van der Waals surface area contributed by atoms with Crippen molar-refractivity contribution >= 4 is 29.1 Å². The topological polar surface area (TPSA) is 93.2 Å². The number of ether oxygens (including phenoxy) is 1. The van der Waals surface area contributed by atoms with Gasteiger partial charge in [-0.1, -0.05) is 29.8 Å². The number of rotatable bonds is 5. The SMILES string of the molecule is COC(=O)c1ccccc1Nc1cnc(C(=O)Nc2c(C)cc(C)cc2C)cn1. The van der Waals surface area contributed by atoms with Gasteiger partial charge in [0, 0.05) is 5.69 Å². The minimum atomic E-state index is -0.458. The summed E-state index contributed by atoms with van der Waals surface area (Å²) in [4.78, 5) is 32.9. The van der Waals surface area contributed by atoms with Crippen LogP contribution in [0, 0.1) is 20.8 Å². The minimum Gasteiger partial charge on any atom is -0.465 e. The van der Waals surface area contributed by atoms with E-state index in [0.717, 1.165) is 22.4 Å². The van der Waals surface area contributed by atoms with Gasteiger partial charge in [0.25, 0.3) is 5.91 Å². The summed E-state index contributed by atoms with van der Waals surface area (Å²) in [6.45, 7) is 5.92. The van der Waals surface area contributed by atoms with Gasteiger partial charge in [0.15, 0.2) is 0 Å². The number of hydrogen-bond acceptors (Lipinski definition) is 6. The fourth-order valence-electron chi connectivity index (χ4n) is 3.08. The fraction of sp³-hybridized carbons (Fsp3) is 0.182. The van der Waals surface area contributed by atoms with Crippen LogP contribution >= 0.6 is 0 Å². The molecule has 0 aliphatic carbocycles. The molecule has 7 nitrogen and oxygen atoms in total. The molecule has 3 rings (SSSR count). The molecule has 1 amide bonds. The van der Waals surface area contributed by atoms with E-state index in [1.807, 2.05) is 32.9 Å². The number of carbonyl (C=O) groups excluding carboxylic acids is 2. The highest BCUT2D eigenvalue weighted by atomic mass is 16.5. The van der Waals surface area contributed by atoms with Gasteiger partial charge in [0.2, 0.25) is 0 Å². The second-order valence-electron chi connectivity index (χ2n) is 6.68. The van der Waals surface area contributed by atoms with Crippen molar-refractivity contribution in [1.29, 1.82) is 0 Å². The molecule has 0 saturated carbocycles. The van der Waals surface area contributed by atoms with Crippen molar-refractivity contribution < 1.29 is 14.3 Å². The Morgan fingerprint density at radius 2 is 1.66 bits per heavy atom. The molecule has 0 radical (unpaired) electrons. The van der Waals surface area contributed by atoms with E-state index in [0.29, 0.717) is 17.1 Å². The molecule has 7 heteroatoms. The largest absolute Gasteiger partial charge is 0.465 e. The zero-order valence-electron chi connectivity index (χ0n) is 16.7. The van der Waals surface area contributed by atoms with Gasteiger partial charge in [0.1, 0.15) is 11.5 Å². The molecule has 0 bridgehead atoms. The van der Waals surface area contributed by atoms with Crippen molar-refractivity contribution in [3.63, 3.8) is 0 Å². The number of hydrogen-bond donors (Lipinski definition) is 2. The molecule has 1 aromatic heterocycles. The third-order valence-corrected chi connectivity index (χ3v) is 4.40. The Labute approximate surface area is 169 Å². The molecular formula is C22H22N4O3. The van der Waals surface area contributed by atoms with E-state index in [1.165, 1.54) is 19.5 Å². The number of aryl methyl sites for hydroxylation is 3. The standard InChI is InChI=1S/C22H22N4O3/c1-13-9-14(2)20(15(3)10-13)26-21(27)18-11-24-19(12-23-18)25-17-8-6-5-7-16(17)22(28)29-4/h5-12H,1-4H3,(H,24,25)(H,26,27). The first-order valence-electron chi connectivity index (χ1n) is 9.04. The monoisotopic (exact) mass is 390 g/mol. The zero-order chi connectivity index (χ0) is 21.0. The van der Waals surface area contributed by atoms with Gasteiger partial charge in [-0.3, -0.25) is 4.79 Å². The van der Waals surface area contributed by atoms with E-state index in [4.69, 9.17) is 4.74 Å². The lowest BCUT2D eigenvalue weighted by atomic mass is 10.1. The van der Waals surface area contributed by atoms with Gasteiger partial charge < -0.3 is 15.4 Å². The van der Waals surface area contributed by atoms with Crippen LogP contribution in [0.3, 0.4) is 0 Å². The zero-order valence-corrected chi connectivity index (χ0v) is 16.7. The van der Waals surface area contributed by atoms with Gasteiger partial charge in [0.05, 0.1) is 30.8 Å². The molecule has 0 saturated heterocycles. The van der Waals surface area contributed by atoms with Crippen LogP contribution in [0.5, 0.6) is 0 Å². The van der Waals surface area contributed by atoms with E-state index >= 15 is 0 Å². The smallest absolute Gasteiger partial charge is 0.339 e. The molecule has 0 unspecified atom stereocenters. The lowest BCUT2D eigenvalue weighted by molar-refractivity contribution is 0.0601. The second-order valence-corrected chi connectivity index (χ2v) is 6.68. The Bertz CT molecular complexity index is 1040. The van der Waals surface area contributed by atoms with E-state index in [9.17, 15) is 9.59 Å². The first-order chi connectivity index (χ1) is 13.9. The lowest BCUT2D eigenvalue weighted by Gasteiger charge is -2.13. The van der Waals surface area contributed by atoms with Gasteiger partial charge in [-0.15, -0.1) is 0 Å². The maximum atomic E-state index is 12.6. The van der Waals surface area contributed by atoms with E-state index in [2.05, 4.69) is 20.6 Å². The highest BCUT2D eigenvalue weighted by molar-refractivity contribution is 6.03. The molecule has 148 valence electrons. The number of methoxy groups -OCH3 is 1. The number of para-hydroxylation sites is 1. The Morgan fingerprint density at radius 3 is 2.28 bits per heavy atom. The maximum absolute atomic E-state index is 12.6. The van der Waals surface area contributed by atoms with Crippen LogP contribution in [-0.2, 0) is 4.74 Å². The maximum Gasteiger partial charge on any atom is 0.339 e. The third kappa shape index (κ3) is 4.57. The van der Waals surface area contributed by atoms with Crippen molar-refractivity contribution in [3.8, 4) is 0 Å². The predicted octanol–water partition coefficient (Wildman–Crippen LogP) is 4.18. The minimum absolute atomic E-state index is 0.191. The number of aromatic nitrogens is 2. The van der Waals surface area contributed by atoms with Crippen molar-refractivity contribution in [1.82, 2.24) is 9.97 Å². The highest BCUT2D eigenvalue weighted by Crippen LogP contribution is 2.23. The molecule has 2 aromatic carbocycles. The number of esters is 1. The van der Waals surface area contributed by atoms with Gasteiger partial charge in [-0.05, 0) is 44.0 Å². The number of anilines is 3. The molecule has 0 fully saturated rings. The van der Waals surface area contributed by atoms with Crippen LogP contribution in [-0.4, -0.2) is 29.0 Å². The number of carbonyl (C=O) groups is 2. The first kappa shape index (κ1) is 20.0. The number of nitrogens with zero attached hydrogens (tertiary/aromatic N) is 2. The van der Waals surface area contributed by atoms with Crippen LogP contribution in [0.4, 0.5) is 17.2 Å².